The zero-order chi connectivity index (χ0) is 13.8. The Kier molecular flexibility index (Phi) is 3.09. The lowest BCUT2D eigenvalue weighted by Crippen LogP contribution is -2.52. The molecular weight excluding hydrogens is 240 g/mol. The van der Waals surface area contributed by atoms with Gasteiger partial charge < -0.3 is 0 Å². The van der Waals surface area contributed by atoms with Crippen molar-refractivity contribution in [3.05, 3.63) is 12.2 Å². The Balaban J connectivity index is 1.69. The van der Waals surface area contributed by atoms with Crippen LogP contribution in [0.4, 0.5) is 0 Å². The molecule has 0 spiro atoms. The second-order valence-corrected chi connectivity index (χ2v) is 8.73. The zero-order valence-electron chi connectivity index (χ0n) is 13.5. The third-order valence-corrected chi connectivity index (χ3v) is 8.36. The van der Waals surface area contributed by atoms with Gasteiger partial charge in [0.15, 0.2) is 0 Å². The van der Waals surface area contributed by atoms with Gasteiger partial charge in [-0.2, -0.15) is 0 Å². The molecular formula is C20H32. The van der Waals surface area contributed by atoms with Crippen LogP contribution in [-0.2, 0) is 0 Å². The summed E-state index contributed by atoms with van der Waals surface area (Å²) >= 11 is 0. The molecule has 3 saturated carbocycles. The van der Waals surface area contributed by atoms with E-state index in [1.165, 1.54) is 44.9 Å². The molecule has 0 bridgehead atoms. The van der Waals surface area contributed by atoms with Crippen LogP contribution in [0, 0.1) is 34.5 Å². The van der Waals surface area contributed by atoms with E-state index in [9.17, 15) is 0 Å². The van der Waals surface area contributed by atoms with E-state index < -0.39 is 0 Å². The molecule has 0 radical (unpaired) electrons. The summed E-state index contributed by atoms with van der Waals surface area (Å²) in [4.78, 5) is 0. The van der Waals surface area contributed by atoms with E-state index in [1.54, 1.807) is 19.3 Å². The number of fused-ring (bicyclic) bond motifs is 5. The highest BCUT2D eigenvalue weighted by atomic mass is 14.6. The first-order valence-corrected chi connectivity index (χ1v) is 9.35. The van der Waals surface area contributed by atoms with Gasteiger partial charge in [0.05, 0.1) is 0 Å². The van der Waals surface area contributed by atoms with Gasteiger partial charge in [0, 0.05) is 0 Å². The van der Waals surface area contributed by atoms with Gasteiger partial charge in [0.1, 0.15) is 0 Å². The van der Waals surface area contributed by atoms with Crippen molar-refractivity contribution in [2.45, 2.75) is 78.1 Å². The minimum atomic E-state index is 0.696. The van der Waals surface area contributed by atoms with E-state index in [1.807, 2.05) is 0 Å². The van der Waals surface area contributed by atoms with Crippen molar-refractivity contribution in [3.8, 4) is 0 Å². The molecule has 0 heteroatoms. The molecule has 6 atom stereocenters. The van der Waals surface area contributed by atoms with E-state index in [-0.39, 0.29) is 0 Å². The van der Waals surface area contributed by atoms with Crippen LogP contribution in [0.5, 0.6) is 0 Å². The second-order valence-electron chi connectivity index (χ2n) is 8.73. The van der Waals surface area contributed by atoms with Crippen molar-refractivity contribution < 1.29 is 0 Å². The maximum absolute atomic E-state index is 2.63. The highest BCUT2D eigenvalue weighted by Gasteiger charge is 2.57. The summed E-state index contributed by atoms with van der Waals surface area (Å²) in [6, 6.07) is 0. The summed E-state index contributed by atoms with van der Waals surface area (Å²) in [6.45, 7) is 5.13. The first-order chi connectivity index (χ1) is 9.70. The Bertz CT molecular complexity index is 408. The fourth-order valence-electron chi connectivity index (χ4n) is 7.31. The van der Waals surface area contributed by atoms with Gasteiger partial charge in [-0.25, -0.2) is 0 Å². The highest BCUT2D eigenvalue weighted by Crippen LogP contribution is 2.66. The zero-order valence-corrected chi connectivity index (χ0v) is 13.5. The lowest BCUT2D eigenvalue weighted by atomic mass is 9.45. The quantitative estimate of drug-likeness (QED) is 0.515. The smallest absolute Gasteiger partial charge is 0.0203 e. The molecule has 112 valence electrons. The van der Waals surface area contributed by atoms with Gasteiger partial charge in [-0.05, 0) is 92.3 Å². The van der Waals surface area contributed by atoms with Crippen LogP contribution >= 0.6 is 0 Å². The predicted octanol–water partition coefficient (Wildman–Crippen LogP) is 5.98. The van der Waals surface area contributed by atoms with Gasteiger partial charge in [-0.1, -0.05) is 32.4 Å². The number of allylic oxidation sites excluding steroid dienone is 2. The van der Waals surface area contributed by atoms with Gasteiger partial charge in [0.25, 0.3) is 0 Å². The van der Waals surface area contributed by atoms with Crippen molar-refractivity contribution in [1.29, 1.82) is 0 Å². The number of hydrogen-bond donors (Lipinski definition) is 0. The Morgan fingerprint density at radius 1 is 1.00 bits per heavy atom. The molecule has 0 heterocycles. The van der Waals surface area contributed by atoms with E-state index in [0.29, 0.717) is 5.41 Å². The molecule has 0 aromatic heterocycles. The summed E-state index contributed by atoms with van der Waals surface area (Å²) in [6.07, 6.45) is 20.0. The second kappa shape index (κ2) is 4.62. The largest absolute Gasteiger partial charge is 0.0882 e. The number of hydrogen-bond acceptors (Lipinski definition) is 0. The van der Waals surface area contributed by atoms with Gasteiger partial charge in [-0.3, -0.25) is 0 Å². The highest BCUT2D eigenvalue weighted by molar-refractivity contribution is 5.11. The lowest BCUT2D eigenvalue weighted by Gasteiger charge is -2.60. The first kappa shape index (κ1) is 13.4. The van der Waals surface area contributed by atoms with Crippen LogP contribution in [-0.4, -0.2) is 0 Å². The summed E-state index contributed by atoms with van der Waals surface area (Å²) < 4.78 is 0. The maximum atomic E-state index is 2.63. The molecule has 4 aliphatic rings. The molecule has 20 heavy (non-hydrogen) atoms. The van der Waals surface area contributed by atoms with Crippen molar-refractivity contribution in [1.82, 2.24) is 0 Å². The van der Waals surface area contributed by atoms with Crippen LogP contribution in [0.2, 0.25) is 0 Å². The Labute approximate surface area is 125 Å². The molecule has 0 saturated heterocycles. The van der Waals surface area contributed by atoms with Gasteiger partial charge in [0.2, 0.25) is 0 Å². The molecule has 0 aliphatic heterocycles. The molecule has 0 nitrogen and oxygen atoms in total. The Hall–Kier alpha value is -0.260. The molecule has 3 fully saturated rings. The van der Waals surface area contributed by atoms with Crippen molar-refractivity contribution >= 4 is 0 Å². The predicted molar refractivity (Wildman–Crippen MR) is 85.5 cm³/mol. The maximum Gasteiger partial charge on any atom is -0.0203 e. The molecule has 4 rings (SSSR count). The fraction of sp³-hybridized carbons (Fsp3) is 0.900. The summed E-state index contributed by atoms with van der Waals surface area (Å²) in [5.41, 5.74) is 1.43. The molecule has 0 amide bonds. The van der Waals surface area contributed by atoms with Gasteiger partial charge >= 0.3 is 0 Å². The molecule has 4 aliphatic carbocycles. The standard InChI is InChI=1S/C20H32/c1-3-20-13-5-4-7-15(20)9-10-16-17-8-6-12-19(17,2)14-11-18(16)20/h4-5,15-18H,3,6-14H2,1-2H3/t15?,16-,17-,18-,19-,20?/m0/s1. The molecule has 0 aromatic carbocycles. The topological polar surface area (TPSA) is 0 Å². The van der Waals surface area contributed by atoms with Crippen LogP contribution in [0.15, 0.2) is 12.2 Å². The molecule has 0 N–H and O–H groups in total. The number of rotatable bonds is 1. The van der Waals surface area contributed by atoms with Gasteiger partial charge in [-0.15, -0.1) is 0 Å². The average molecular weight is 272 g/mol. The van der Waals surface area contributed by atoms with E-state index >= 15 is 0 Å². The van der Waals surface area contributed by atoms with Crippen LogP contribution in [0.1, 0.15) is 78.1 Å². The normalized spacial score (nSPS) is 54.1. The van der Waals surface area contributed by atoms with Crippen molar-refractivity contribution in [3.63, 3.8) is 0 Å². The van der Waals surface area contributed by atoms with Crippen LogP contribution in [0.25, 0.3) is 0 Å². The third-order valence-electron chi connectivity index (χ3n) is 8.36. The third kappa shape index (κ3) is 1.66. The summed E-state index contributed by atoms with van der Waals surface area (Å²) in [7, 11) is 0. The SMILES string of the molecule is CCC12CC=CCC1CC[C@@H]1[C@@H]2CC[C@]2(C)CCC[C@@H]12. The molecule has 2 unspecified atom stereocenters. The van der Waals surface area contributed by atoms with Crippen molar-refractivity contribution in [2.24, 2.45) is 34.5 Å². The minimum Gasteiger partial charge on any atom is -0.0882 e. The fourth-order valence-corrected chi connectivity index (χ4v) is 7.31. The first-order valence-electron chi connectivity index (χ1n) is 9.35. The lowest BCUT2D eigenvalue weighted by molar-refractivity contribution is -0.0983. The van der Waals surface area contributed by atoms with E-state index in [2.05, 4.69) is 26.0 Å². The van der Waals surface area contributed by atoms with Crippen LogP contribution in [0.3, 0.4) is 0 Å². The Morgan fingerprint density at radius 3 is 2.75 bits per heavy atom. The van der Waals surface area contributed by atoms with Crippen molar-refractivity contribution in [2.75, 3.05) is 0 Å². The molecule has 0 aromatic rings. The van der Waals surface area contributed by atoms with E-state index in [4.69, 9.17) is 0 Å². The Morgan fingerprint density at radius 2 is 1.90 bits per heavy atom. The minimum absolute atomic E-state index is 0.696. The van der Waals surface area contributed by atoms with E-state index in [0.717, 1.165) is 29.1 Å². The van der Waals surface area contributed by atoms with Crippen LogP contribution < -0.4 is 0 Å². The summed E-state index contributed by atoms with van der Waals surface area (Å²) in [5.74, 6) is 4.24. The average Bonchev–Trinajstić information content (AvgIpc) is 2.88. The monoisotopic (exact) mass is 272 g/mol. The summed E-state index contributed by atoms with van der Waals surface area (Å²) in [5, 5.41) is 0.